The monoisotopic (exact) mass is 128 g/mol. The predicted octanol–water partition coefficient (Wildman–Crippen LogP) is 2.69. The summed E-state index contributed by atoms with van der Waals surface area (Å²) in [6.07, 6.45) is 0. The van der Waals surface area contributed by atoms with Crippen molar-refractivity contribution in [2.75, 3.05) is 0 Å². The molecule has 0 aliphatic rings. The zero-order chi connectivity index (χ0) is 5.91. The number of halogens is 3. The van der Waals surface area contributed by atoms with Gasteiger partial charge < -0.3 is 0 Å². The van der Waals surface area contributed by atoms with E-state index in [4.69, 9.17) is 0 Å². The minimum atomic E-state index is -5.46. The SMILES string of the molecule is C=C=C[PH](F)(F)F. The van der Waals surface area contributed by atoms with Gasteiger partial charge in [-0.25, -0.2) is 0 Å². The molecular formula is C3H4F3P. The van der Waals surface area contributed by atoms with Crippen molar-refractivity contribution in [3.8, 4) is 0 Å². The first kappa shape index (κ1) is 6.74. The Morgan fingerprint density at radius 2 is 1.86 bits per heavy atom. The van der Waals surface area contributed by atoms with Crippen LogP contribution in [-0.2, 0) is 0 Å². The molecule has 0 fully saturated rings. The Morgan fingerprint density at radius 3 is 1.86 bits per heavy atom. The summed E-state index contributed by atoms with van der Waals surface area (Å²) >= 11 is 0. The van der Waals surface area contributed by atoms with E-state index in [0.717, 1.165) is 0 Å². The second-order valence-corrected chi connectivity index (χ2v) is 2.26. The molecular weight excluding hydrogens is 124 g/mol. The molecule has 0 saturated heterocycles. The van der Waals surface area contributed by atoms with Gasteiger partial charge >= 0.3 is 38.9 Å². The fourth-order valence-corrected chi connectivity index (χ4v) is 0.347. The van der Waals surface area contributed by atoms with Crippen molar-refractivity contribution in [3.63, 3.8) is 0 Å². The van der Waals surface area contributed by atoms with E-state index in [1.165, 1.54) is 0 Å². The molecule has 0 aliphatic heterocycles. The third kappa shape index (κ3) is 5.74. The van der Waals surface area contributed by atoms with Crippen LogP contribution in [-0.4, -0.2) is 0 Å². The summed E-state index contributed by atoms with van der Waals surface area (Å²) in [4.78, 5) is 0. The molecule has 0 aromatic heterocycles. The average molecular weight is 128 g/mol. The van der Waals surface area contributed by atoms with Crippen molar-refractivity contribution in [2.45, 2.75) is 0 Å². The fraction of sp³-hybridized carbons (Fsp3) is 0. The standard InChI is InChI=1S/C3H4F3P/c1-2-3-7(4,5)6/h3,7H,1H2. The van der Waals surface area contributed by atoms with Crippen LogP contribution in [0.4, 0.5) is 12.6 Å². The molecule has 0 nitrogen and oxygen atoms in total. The summed E-state index contributed by atoms with van der Waals surface area (Å²) < 4.78 is 33.1. The third-order valence-corrected chi connectivity index (χ3v) is 0.797. The quantitative estimate of drug-likeness (QED) is 0.376. The first-order chi connectivity index (χ1) is 3.06. The van der Waals surface area contributed by atoms with Gasteiger partial charge in [0, 0.05) is 0 Å². The second kappa shape index (κ2) is 2.15. The zero-order valence-electron chi connectivity index (χ0n) is 3.42. The molecule has 0 bridgehead atoms. The van der Waals surface area contributed by atoms with Crippen LogP contribution in [0.15, 0.2) is 18.1 Å². The molecule has 0 aromatic carbocycles. The molecule has 0 atom stereocenters. The summed E-state index contributed by atoms with van der Waals surface area (Å²) in [6, 6.07) is 0. The Kier molecular flexibility index (Phi) is 2.07. The van der Waals surface area contributed by atoms with Gasteiger partial charge in [0.05, 0.1) is 0 Å². The Hall–Kier alpha value is -0.260. The van der Waals surface area contributed by atoms with E-state index in [-0.39, 0.29) is 5.82 Å². The predicted molar refractivity (Wildman–Crippen MR) is 25.3 cm³/mol. The van der Waals surface area contributed by atoms with Crippen LogP contribution < -0.4 is 0 Å². The van der Waals surface area contributed by atoms with Crippen molar-refractivity contribution in [1.82, 2.24) is 0 Å². The van der Waals surface area contributed by atoms with E-state index in [9.17, 15) is 12.6 Å². The van der Waals surface area contributed by atoms with E-state index in [1.807, 2.05) is 0 Å². The molecule has 7 heavy (non-hydrogen) atoms. The van der Waals surface area contributed by atoms with Gasteiger partial charge in [-0.1, -0.05) is 0 Å². The Balaban J connectivity index is 3.80. The van der Waals surface area contributed by atoms with Crippen molar-refractivity contribution in [2.24, 2.45) is 0 Å². The van der Waals surface area contributed by atoms with Gasteiger partial charge in [-0.3, -0.25) is 0 Å². The van der Waals surface area contributed by atoms with Crippen molar-refractivity contribution in [3.05, 3.63) is 18.1 Å². The van der Waals surface area contributed by atoms with Gasteiger partial charge in [0.25, 0.3) is 0 Å². The summed E-state index contributed by atoms with van der Waals surface area (Å²) in [5, 5.41) is 0. The van der Waals surface area contributed by atoms with Crippen LogP contribution in [0.2, 0.25) is 0 Å². The van der Waals surface area contributed by atoms with E-state index in [2.05, 4.69) is 6.58 Å². The van der Waals surface area contributed by atoms with Crippen LogP contribution in [0.5, 0.6) is 0 Å². The molecule has 0 unspecified atom stereocenters. The van der Waals surface area contributed by atoms with Gasteiger partial charge in [-0.2, -0.15) is 0 Å². The number of rotatable bonds is 1. The Bertz CT molecular complexity index is 97.2. The maximum atomic E-state index is 11.0. The van der Waals surface area contributed by atoms with E-state index in [0.29, 0.717) is 0 Å². The van der Waals surface area contributed by atoms with Gasteiger partial charge in [-0.05, 0) is 0 Å². The summed E-state index contributed by atoms with van der Waals surface area (Å²) in [6.45, 7) is 2.78. The molecule has 0 spiro atoms. The van der Waals surface area contributed by atoms with Crippen LogP contribution in [0.1, 0.15) is 0 Å². The van der Waals surface area contributed by atoms with Crippen molar-refractivity contribution < 1.29 is 12.6 Å². The Labute approximate surface area is 40.0 Å². The molecule has 0 aromatic rings. The Morgan fingerprint density at radius 1 is 1.43 bits per heavy atom. The molecule has 0 rings (SSSR count). The molecule has 0 N–H and O–H groups in total. The van der Waals surface area contributed by atoms with Crippen LogP contribution in [0.3, 0.4) is 0 Å². The van der Waals surface area contributed by atoms with Crippen LogP contribution in [0.25, 0.3) is 0 Å². The molecule has 0 aliphatic carbocycles. The molecule has 0 amide bonds. The van der Waals surface area contributed by atoms with Gasteiger partial charge in [-0.15, -0.1) is 0 Å². The topological polar surface area (TPSA) is 0 Å². The molecule has 0 radical (unpaired) electrons. The first-order valence-electron chi connectivity index (χ1n) is 1.50. The number of hydrogen-bond donors (Lipinski definition) is 0. The van der Waals surface area contributed by atoms with Gasteiger partial charge in [0.15, 0.2) is 0 Å². The minimum absolute atomic E-state index is 0.0903. The summed E-state index contributed by atoms with van der Waals surface area (Å²) in [5.74, 6) is 0.0903. The molecule has 0 heterocycles. The second-order valence-electron chi connectivity index (χ2n) is 0.890. The van der Waals surface area contributed by atoms with Crippen molar-refractivity contribution in [1.29, 1.82) is 0 Å². The van der Waals surface area contributed by atoms with E-state index in [1.54, 1.807) is 5.73 Å². The molecule has 42 valence electrons. The summed E-state index contributed by atoms with van der Waals surface area (Å²) in [5.41, 5.74) is 1.67. The normalized spacial score (nSPS) is 12.4. The van der Waals surface area contributed by atoms with E-state index >= 15 is 0 Å². The van der Waals surface area contributed by atoms with Crippen molar-refractivity contribution >= 4 is 8.19 Å². The first-order valence-corrected chi connectivity index (χ1v) is 3.21. The molecule has 4 heteroatoms. The van der Waals surface area contributed by atoms with E-state index < -0.39 is 8.19 Å². The third-order valence-electron chi connectivity index (χ3n) is 0.266. The summed E-state index contributed by atoms with van der Waals surface area (Å²) in [7, 11) is -5.46. The van der Waals surface area contributed by atoms with Gasteiger partial charge in [0.2, 0.25) is 0 Å². The maximum absolute atomic E-state index is 11.0. The van der Waals surface area contributed by atoms with Crippen LogP contribution in [0, 0.1) is 0 Å². The van der Waals surface area contributed by atoms with Gasteiger partial charge in [0.1, 0.15) is 0 Å². The zero-order valence-corrected chi connectivity index (χ0v) is 4.42. The number of hydrogen-bond acceptors (Lipinski definition) is 0. The fourth-order valence-electron chi connectivity index (χ4n) is 0.116. The average Bonchev–Trinajstić information content (AvgIpc) is 1.30. The molecule has 0 saturated carbocycles. The van der Waals surface area contributed by atoms with Crippen LogP contribution >= 0.6 is 8.19 Å².